The Hall–Kier alpha value is -0.910. The Morgan fingerprint density at radius 1 is 1.47 bits per heavy atom. The van der Waals surface area contributed by atoms with E-state index in [1.165, 1.54) is 0 Å². The van der Waals surface area contributed by atoms with Crippen molar-refractivity contribution in [3.05, 3.63) is 18.0 Å². The standard InChI is InChI=1S/C10H19N3O2/c1-9(2-4-14)11-6-10-7-12-13(8-10)3-5-15/h7-9,11,14-15H,2-6H2,1H3. The van der Waals surface area contributed by atoms with Crippen LogP contribution in [0.15, 0.2) is 12.4 Å². The fraction of sp³-hybridized carbons (Fsp3) is 0.700. The van der Waals surface area contributed by atoms with Crippen LogP contribution in [0.4, 0.5) is 0 Å². The Morgan fingerprint density at radius 3 is 2.93 bits per heavy atom. The zero-order valence-corrected chi connectivity index (χ0v) is 9.06. The number of rotatable bonds is 7. The van der Waals surface area contributed by atoms with Gasteiger partial charge in [0.05, 0.1) is 19.3 Å². The first kappa shape index (κ1) is 12.2. The van der Waals surface area contributed by atoms with Crippen LogP contribution in [0.25, 0.3) is 0 Å². The molecule has 0 saturated heterocycles. The van der Waals surface area contributed by atoms with E-state index in [2.05, 4.69) is 10.4 Å². The summed E-state index contributed by atoms with van der Waals surface area (Å²) in [6.45, 7) is 3.63. The molecule has 1 atom stereocenters. The van der Waals surface area contributed by atoms with Crippen LogP contribution in [0.2, 0.25) is 0 Å². The summed E-state index contributed by atoms with van der Waals surface area (Å²) in [6, 6.07) is 0.302. The van der Waals surface area contributed by atoms with Crippen LogP contribution >= 0.6 is 0 Å². The second-order valence-electron chi connectivity index (χ2n) is 3.63. The fourth-order valence-electron chi connectivity index (χ4n) is 1.31. The Balaban J connectivity index is 2.30. The molecule has 1 aromatic rings. The van der Waals surface area contributed by atoms with Gasteiger partial charge < -0.3 is 15.5 Å². The summed E-state index contributed by atoms with van der Waals surface area (Å²) in [7, 11) is 0. The molecule has 1 heterocycles. The maximum Gasteiger partial charge on any atom is 0.0640 e. The van der Waals surface area contributed by atoms with E-state index in [0.717, 1.165) is 18.5 Å². The van der Waals surface area contributed by atoms with Crippen molar-refractivity contribution in [2.75, 3.05) is 13.2 Å². The molecule has 0 aliphatic carbocycles. The van der Waals surface area contributed by atoms with Crippen LogP contribution in [0, 0.1) is 0 Å². The smallest absolute Gasteiger partial charge is 0.0640 e. The minimum absolute atomic E-state index is 0.107. The Labute approximate surface area is 89.7 Å². The van der Waals surface area contributed by atoms with Gasteiger partial charge in [-0.05, 0) is 13.3 Å². The first-order valence-electron chi connectivity index (χ1n) is 5.22. The molecule has 0 radical (unpaired) electrons. The minimum atomic E-state index is 0.107. The molecular weight excluding hydrogens is 194 g/mol. The lowest BCUT2D eigenvalue weighted by atomic mass is 10.2. The van der Waals surface area contributed by atoms with Crippen molar-refractivity contribution in [3.63, 3.8) is 0 Å². The highest BCUT2D eigenvalue weighted by molar-refractivity contribution is 5.03. The number of hydrogen-bond acceptors (Lipinski definition) is 4. The maximum absolute atomic E-state index is 8.72. The van der Waals surface area contributed by atoms with Gasteiger partial charge in [0, 0.05) is 31.0 Å². The zero-order valence-electron chi connectivity index (χ0n) is 9.06. The predicted octanol–water partition coefficient (Wildman–Crippen LogP) is -0.264. The highest BCUT2D eigenvalue weighted by Gasteiger charge is 2.02. The van der Waals surface area contributed by atoms with E-state index in [9.17, 15) is 0 Å². The quantitative estimate of drug-likeness (QED) is 0.583. The Kier molecular flexibility index (Phi) is 5.31. The average Bonchev–Trinajstić information content (AvgIpc) is 2.64. The molecule has 0 fully saturated rings. The van der Waals surface area contributed by atoms with Crippen molar-refractivity contribution in [3.8, 4) is 0 Å². The van der Waals surface area contributed by atoms with Crippen molar-refractivity contribution < 1.29 is 10.2 Å². The van der Waals surface area contributed by atoms with E-state index >= 15 is 0 Å². The summed E-state index contributed by atoms with van der Waals surface area (Å²) in [5.41, 5.74) is 1.09. The topological polar surface area (TPSA) is 70.3 Å². The molecular formula is C10H19N3O2. The molecule has 1 rings (SSSR count). The third kappa shape index (κ3) is 4.42. The van der Waals surface area contributed by atoms with Gasteiger partial charge in [0.15, 0.2) is 0 Å². The van der Waals surface area contributed by atoms with E-state index in [1.54, 1.807) is 10.9 Å². The van der Waals surface area contributed by atoms with E-state index in [1.807, 2.05) is 13.1 Å². The largest absolute Gasteiger partial charge is 0.396 e. The van der Waals surface area contributed by atoms with Gasteiger partial charge in [-0.15, -0.1) is 0 Å². The predicted molar refractivity (Wildman–Crippen MR) is 57.3 cm³/mol. The third-order valence-corrected chi connectivity index (χ3v) is 2.23. The molecule has 0 aliphatic heterocycles. The molecule has 0 spiro atoms. The van der Waals surface area contributed by atoms with Gasteiger partial charge in [0.1, 0.15) is 0 Å². The van der Waals surface area contributed by atoms with Crippen molar-refractivity contribution in [2.45, 2.75) is 32.5 Å². The maximum atomic E-state index is 8.72. The number of nitrogens with zero attached hydrogens (tertiary/aromatic N) is 2. The molecule has 0 amide bonds. The molecule has 5 nitrogen and oxygen atoms in total. The summed E-state index contributed by atoms with van der Waals surface area (Å²) in [4.78, 5) is 0. The van der Waals surface area contributed by atoms with Crippen LogP contribution in [-0.2, 0) is 13.1 Å². The number of aromatic nitrogens is 2. The van der Waals surface area contributed by atoms with Crippen LogP contribution in [0.5, 0.6) is 0 Å². The van der Waals surface area contributed by atoms with E-state index in [0.29, 0.717) is 12.6 Å². The van der Waals surface area contributed by atoms with Gasteiger partial charge >= 0.3 is 0 Å². The third-order valence-electron chi connectivity index (χ3n) is 2.23. The monoisotopic (exact) mass is 213 g/mol. The summed E-state index contributed by atoms with van der Waals surface area (Å²) in [6.07, 6.45) is 4.45. The average molecular weight is 213 g/mol. The SMILES string of the molecule is CC(CCO)NCc1cnn(CCO)c1. The molecule has 0 bridgehead atoms. The number of aliphatic hydroxyl groups excluding tert-OH is 2. The molecule has 1 aromatic heterocycles. The second kappa shape index (κ2) is 6.55. The molecule has 3 N–H and O–H groups in total. The second-order valence-corrected chi connectivity index (χ2v) is 3.63. The van der Waals surface area contributed by atoms with E-state index < -0.39 is 0 Å². The van der Waals surface area contributed by atoms with Crippen LogP contribution in [0.3, 0.4) is 0 Å². The highest BCUT2D eigenvalue weighted by atomic mass is 16.3. The van der Waals surface area contributed by atoms with E-state index in [-0.39, 0.29) is 13.2 Å². The summed E-state index contributed by atoms with van der Waals surface area (Å²) in [5.74, 6) is 0. The minimum Gasteiger partial charge on any atom is -0.396 e. The molecule has 0 saturated carbocycles. The van der Waals surface area contributed by atoms with Gasteiger partial charge in [0.25, 0.3) is 0 Å². The first-order valence-corrected chi connectivity index (χ1v) is 5.22. The molecule has 0 aliphatic rings. The number of nitrogens with one attached hydrogen (secondary N) is 1. The Bertz CT molecular complexity index is 275. The molecule has 86 valence electrons. The molecule has 1 unspecified atom stereocenters. The molecule has 0 aromatic carbocycles. The summed E-state index contributed by atoms with van der Waals surface area (Å²) >= 11 is 0. The van der Waals surface area contributed by atoms with Crippen LogP contribution in [-0.4, -0.2) is 39.2 Å². The van der Waals surface area contributed by atoms with Crippen molar-refractivity contribution >= 4 is 0 Å². The van der Waals surface area contributed by atoms with Crippen molar-refractivity contribution in [1.29, 1.82) is 0 Å². The van der Waals surface area contributed by atoms with Gasteiger partial charge in [-0.2, -0.15) is 5.10 Å². The van der Waals surface area contributed by atoms with Crippen LogP contribution < -0.4 is 5.32 Å². The normalized spacial score (nSPS) is 13.0. The molecule has 5 heteroatoms. The zero-order chi connectivity index (χ0) is 11.1. The number of aliphatic hydroxyl groups is 2. The lowest BCUT2D eigenvalue weighted by Gasteiger charge is -2.10. The highest BCUT2D eigenvalue weighted by Crippen LogP contribution is 1.99. The van der Waals surface area contributed by atoms with Crippen LogP contribution in [0.1, 0.15) is 18.9 Å². The first-order chi connectivity index (χ1) is 7.26. The van der Waals surface area contributed by atoms with Gasteiger partial charge in [0.2, 0.25) is 0 Å². The van der Waals surface area contributed by atoms with Crippen molar-refractivity contribution in [2.24, 2.45) is 0 Å². The lowest BCUT2D eigenvalue weighted by molar-refractivity contribution is 0.268. The fourth-order valence-corrected chi connectivity index (χ4v) is 1.31. The summed E-state index contributed by atoms with van der Waals surface area (Å²) < 4.78 is 1.72. The van der Waals surface area contributed by atoms with Gasteiger partial charge in [-0.3, -0.25) is 4.68 Å². The van der Waals surface area contributed by atoms with E-state index in [4.69, 9.17) is 10.2 Å². The lowest BCUT2D eigenvalue weighted by Crippen LogP contribution is -2.26. The number of hydrogen-bond donors (Lipinski definition) is 3. The Morgan fingerprint density at radius 2 is 2.27 bits per heavy atom. The van der Waals surface area contributed by atoms with Crippen molar-refractivity contribution in [1.82, 2.24) is 15.1 Å². The van der Waals surface area contributed by atoms with Gasteiger partial charge in [-0.1, -0.05) is 0 Å². The van der Waals surface area contributed by atoms with Gasteiger partial charge in [-0.25, -0.2) is 0 Å². The molecule has 15 heavy (non-hydrogen) atoms. The summed E-state index contributed by atoms with van der Waals surface area (Å²) in [5, 5.41) is 24.8.